The highest BCUT2D eigenvalue weighted by Gasteiger charge is 2.22. The van der Waals surface area contributed by atoms with Gasteiger partial charge < -0.3 is 5.32 Å². The Morgan fingerprint density at radius 3 is 2.38 bits per heavy atom. The SMILES string of the molecule is CC.Cc1ccc(C(=O)NC2CCC(C#N)CC2)nc1C. The fourth-order valence-electron chi connectivity index (χ4n) is 2.38. The number of nitrogens with zero attached hydrogens (tertiary/aromatic N) is 2. The van der Waals surface area contributed by atoms with Crippen LogP contribution in [0, 0.1) is 31.1 Å². The van der Waals surface area contributed by atoms with Crippen LogP contribution in [-0.4, -0.2) is 16.9 Å². The predicted octanol–water partition coefficient (Wildman–Crippen LogP) is 3.54. The summed E-state index contributed by atoms with van der Waals surface area (Å²) in [5.74, 6) is 0.0522. The number of nitrogens with one attached hydrogen (secondary N) is 1. The third-order valence-corrected chi connectivity index (χ3v) is 3.83. The molecular weight excluding hydrogens is 262 g/mol. The van der Waals surface area contributed by atoms with Crippen molar-refractivity contribution in [1.29, 1.82) is 5.26 Å². The Kier molecular flexibility index (Phi) is 6.87. The van der Waals surface area contributed by atoms with Crippen LogP contribution in [0.1, 0.15) is 61.3 Å². The van der Waals surface area contributed by atoms with E-state index < -0.39 is 0 Å². The van der Waals surface area contributed by atoms with E-state index in [0.29, 0.717) is 5.69 Å². The minimum absolute atomic E-state index is 0.108. The third kappa shape index (κ3) is 4.86. The summed E-state index contributed by atoms with van der Waals surface area (Å²) in [5.41, 5.74) is 2.46. The van der Waals surface area contributed by atoms with Crippen LogP contribution >= 0.6 is 0 Å². The molecule has 0 radical (unpaired) electrons. The number of carbonyl (C=O) groups excluding carboxylic acids is 1. The number of aryl methyl sites for hydroxylation is 2. The molecule has 0 spiro atoms. The van der Waals surface area contributed by atoms with Gasteiger partial charge in [0.15, 0.2) is 0 Å². The summed E-state index contributed by atoms with van der Waals surface area (Å²) in [6.07, 6.45) is 3.52. The molecule has 0 aromatic carbocycles. The standard InChI is InChI=1S/C15H19N3O.C2H6/c1-10-3-8-14(17-11(10)2)15(19)18-13-6-4-12(9-16)5-7-13;1-2/h3,8,12-13H,4-7H2,1-2H3,(H,18,19);1-2H3. The van der Waals surface area contributed by atoms with E-state index in [1.54, 1.807) is 6.07 Å². The lowest BCUT2D eigenvalue weighted by Gasteiger charge is -2.25. The molecule has 21 heavy (non-hydrogen) atoms. The highest BCUT2D eigenvalue weighted by Crippen LogP contribution is 2.23. The summed E-state index contributed by atoms with van der Waals surface area (Å²) in [6, 6.07) is 6.16. The van der Waals surface area contributed by atoms with E-state index in [0.717, 1.165) is 36.9 Å². The Hall–Kier alpha value is -1.89. The zero-order chi connectivity index (χ0) is 15.8. The number of hydrogen-bond acceptors (Lipinski definition) is 3. The first kappa shape index (κ1) is 17.2. The van der Waals surface area contributed by atoms with Crippen LogP contribution in [0.5, 0.6) is 0 Å². The average molecular weight is 287 g/mol. The lowest BCUT2D eigenvalue weighted by atomic mass is 9.87. The molecular formula is C17H25N3O. The van der Waals surface area contributed by atoms with Gasteiger partial charge in [-0.2, -0.15) is 5.26 Å². The summed E-state index contributed by atoms with van der Waals surface area (Å²) in [5, 5.41) is 11.9. The van der Waals surface area contributed by atoms with Crippen LogP contribution < -0.4 is 5.32 Å². The van der Waals surface area contributed by atoms with E-state index >= 15 is 0 Å². The lowest BCUT2D eigenvalue weighted by Crippen LogP contribution is -2.37. The second-order valence-corrected chi connectivity index (χ2v) is 5.25. The Morgan fingerprint density at radius 2 is 1.86 bits per heavy atom. The van der Waals surface area contributed by atoms with E-state index in [2.05, 4.69) is 16.4 Å². The maximum absolute atomic E-state index is 12.1. The predicted molar refractivity (Wildman–Crippen MR) is 83.9 cm³/mol. The van der Waals surface area contributed by atoms with Crippen molar-refractivity contribution in [1.82, 2.24) is 10.3 Å². The maximum atomic E-state index is 12.1. The Labute approximate surface area is 127 Å². The molecule has 1 aromatic rings. The Morgan fingerprint density at radius 1 is 1.24 bits per heavy atom. The minimum Gasteiger partial charge on any atom is -0.348 e. The number of pyridine rings is 1. The molecule has 1 heterocycles. The summed E-state index contributed by atoms with van der Waals surface area (Å²) < 4.78 is 0. The zero-order valence-corrected chi connectivity index (χ0v) is 13.4. The quantitative estimate of drug-likeness (QED) is 0.904. The fraction of sp³-hybridized carbons (Fsp3) is 0.588. The molecule has 0 aliphatic heterocycles. The van der Waals surface area contributed by atoms with Gasteiger partial charge >= 0.3 is 0 Å². The van der Waals surface area contributed by atoms with E-state index in [4.69, 9.17) is 5.26 Å². The molecule has 4 nitrogen and oxygen atoms in total. The van der Waals surface area contributed by atoms with Gasteiger partial charge in [0.1, 0.15) is 5.69 Å². The lowest BCUT2D eigenvalue weighted by molar-refractivity contribution is 0.0919. The van der Waals surface area contributed by atoms with Gasteiger partial charge in [-0.3, -0.25) is 4.79 Å². The molecule has 4 heteroatoms. The largest absolute Gasteiger partial charge is 0.348 e. The van der Waals surface area contributed by atoms with Gasteiger partial charge in [-0.25, -0.2) is 4.98 Å². The number of aromatic nitrogens is 1. The van der Waals surface area contributed by atoms with Crippen molar-refractivity contribution in [2.24, 2.45) is 5.92 Å². The number of rotatable bonds is 2. The molecule has 0 bridgehead atoms. The number of carbonyl (C=O) groups is 1. The van der Waals surface area contributed by atoms with E-state index in [9.17, 15) is 4.79 Å². The first-order valence-corrected chi connectivity index (χ1v) is 7.75. The first-order valence-electron chi connectivity index (χ1n) is 7.75. The van der Waals surface area contributed by atoms with Gasteiger partial charge in [-0.15, -0.1) is 0 Å². The van der Waals surface area contributed by atoms with Gasteiger partial charge in [0.05, 0.1) is 6.07 Å². The first-order chi connectivity index (χ1) is 10.1. The molecule has 0 atom stereocenters. The summed E-state index contributed by atoms with van der Waals surface area (Å²) in [7, 11) is 0. The average Bonchev–Trinajstić information content (AvgIpc) is 2.52. The smallest absolute Gasteiger partial charge is 0.270 e. The molecule has 0 saturated heterocycles. The molecule has 1 aliphatic carbocycles. The van der Waals surface area contributed by atoms with Crippen molar-refractivity contribution in [3.05, 3.63) is 29.1 Å². The molecule has 1 N–H and O–H groups in total. The Balaban J connectivity index is 0.00000106. The molecule has 1 fully saturated rings. The summed E-state index contributed by atoms with van der Waals surface area (Å²) in [6.45, 7) is 7.89. The summed E-state index contributed by atoms with van der Waals surface area (Å²) >= 11 is 0. The Bertz CT molecular complexity index is 511. The maximum Gasteiger partial charge on any atom is 0.270 e. The van der Waals surface area contributed by atoms with Gasteiger partial charge in [0.25, 0.3) is 5.91 Å². The molecule has 1 aromatic heterocycles. The summed E-state index contributed by atoms with van der Waals surface area (Å²) in [4.78, 5) is 16.4. The molecule has 1 amide bonds. The molecule has 2 rings (SSSR count). The van der Waals surface area contributed by atoms with Crippen LogP contribution in [0.25, 0.3) is 0 Å². The van der Waals surface area contributed by atoms with Gasteiger partial charge in [-0.05, 0) is 51.2 Å². The van der Waals surface area contributed by atoms with Crippen LogP contribution in [-0.2, 0) is 0 Å². The molecule has 1 saturated carbocycles. The highest BCUT2D eigenvalue weighted by atomic mass is 16.1. The molecule has 0 unspecified atom stereocenters. The topological polar surface area (TPSA) is 65.8 Å². The van der Waals surface area contributed by atoms with E-state index in [-0.39, 0.29) is 17.9 Å². The zero-order valence-electron chi connectivity index (χ0n) is 13.4. The number of nitriles is 1. The van der Waals surface area contributed by atoms with Crippen molar-refractivity contribution in [2.75, 3.05) is 0 Å². The van der Waals surface area contributed by atoms with Crippen molar-refractivity contribution < 1.29 is 4.79 Å². The van der Waals surface area contributed by atoms with Crippen molar-refractivity contribution in [3.63, 3.8) is 0 Å². The van der Waals surface area contributed by atoms with Crippen molar-refractivity contribution in [2.45, 2.75) is 59.4 Å². The van der Waals surface area contributed by atoms with Crippen LogP contribution in [0.15, 0.2) is 12.1 Å². The number of hydrogen-bond donors (Lipinski definition) is 1. The van der Waals surface area contributed by atoms with E-state index in [1.165, 1.54) is 0 Å². The third-order valence-electron chi connectivity index (χ3n) is 3.83. The monoisotopic (exact) mass is 287 g/mol. The van der Waals surface area contributed by atoms with Crippen LogP contribution in [0.3, 0.4) is 0 Å². The van der Waals surface area contributed by atoms with Crippen molar-refractivity contribution in [3.8, 4) is 6.07 Å². The fourth-order valence-corrected chi connectivity index (χ4v) is 2.38. The van der Waals surface area contributed by atoms with Crippen molar-refractivity contribution >= 4 is 5.91 Å². The minimum atomic E-state index is -0.108. The van der Waals surface area contributed by atoms with Crippen LogP contribution in [0.4, 0.5) is 0 Å². The van der Waals surface area contributed by atoms with Crippen LogP contribution in [0.2, 0.25) is 0 Å². The van der Waals surface area contributed by atoms with Gasteiger partial charge in [0.2, 0.25) is 0 Å². The van der Waals surface area contributed by atoms with Gasteiger partial charge in [-0.1, -0.05) is 19.9 Å². The van der Waals surface area contributed by atoms with E-state index in [1.807, 2.05) is 33.8 Å². The highest BCUT2D eigenvalue weighted by molar-refractivity contribution is 5.92. The molecule has 1 aliphatic rings. The van der Waals surface area contributed by atoms with Gasteiger partial charge in [0, 0.05) is 17.7 Å². The molecule has 114 valence electrons. The number of amides is 1. The second-order valence-electron chi connectivity index (χ2n) is 5.25. The normalized spacial score (nSPS) is 20.7. The second kappa shape index (κ2) is 8.41.